The molecule has 0 unspecified atom stereocenters. The van der Waals surface area contributed by atoms with Gasteiger partial charge in [-0.25, -0.2) is 4.98 Å². The number of carbonyl (C=O) groups excluding carboxylic acids is 1. The lowest BCUT2D eigenvalue weighted by molar-refractivity contribution is -0.119. The normalized spacial score (nSPS) is 18.0. The van der Waals surface area contributed by atoms with Crippen LogP contribution >= 0.6 is 0 Å². The molecule has 5 heteroatoms. The summed E-state index contributed by atoms with van der Waals surface area (Å²) in [6, 6.07) is 0. The maximum atomic E-state index is 10.5. The van der Waals surface area contributed by atoms with Crippen LogP contribution in [0.25, 0.3) is 0 Å². The van der Waals surface area contributed by atoms with Crippen LogP contribution in [0.1, 0.15) is 0 Å². The van der Waals surface area contributed by atoms with Crippen molar-refractivity contribution in [1.29, 1.82) is 0 Å². The highest BCUT2D eigenvalue weighted by Crippen LogP contribution is 1.99. The van der Waals surface area contributed by atoms with Gasteiger partial charge in [0.1, 0.15) is 0 Å². The topological polar surface area (TPSA) is 41.4 Å². The van der Waals surface area contributed by atoms with Crippen LogP contribution in [0.3, 0.4) is 0 Å². The van der Waals surface area contributed by atoms with E-state index in [1.54, 1.807) is 6.20 Å². The summed E-state index contributed by atoms with van der Waals surface area (Å²) in [5, 5.41) is 0. The van der Waals surface area contributed by atoms with Crippen LogP contribution in [0, 0.1) is 0 Å². The molecular formula is C10H16N4O. The Morgan fingerprint density at radius 3 is 2.60 bits per heavy atom. The summed E-state index contributed by atoms with van der Waals surface area (Å²) >= 11 is 0. The second-order valence-corrected chi connectivity index (χ2v) is 3.78. The first kappa shape index (κ1) is 10.2. The van der Waals surface area contributed by atoms with E-state index in [0.29, 0.717) is 0 Å². The number of rotatable bonds is 4. The first-order valence-corrected chi connectivity index (χ1v) is 5.26. The van der Waals surface area contributed by atoms with Gasteiger partial charge in [-0.05, 0) is 0 Å². The standard InChI is InChI=1S/C10H16N4O/c15-10-14-7-4-12(5-8-14)3-6-13-2-1-11-9-13/h1-2,9-10H,3-8H2. The van der Waals surface area contributed by atoms with Gasteiger partial charge in [0, 0.05) is 51.7 Å². The van der Waals surface area contributed by atoms with Crippen LogP contribution in [-0.4, -0.2) is 58.5 Å². The summed E-state index contributed by atoms with van der Waals surface area (Å²) in [4.78, 5) is 18.7. The Bertz CT molecular complexity index is 290. The minimum atomic E-state index is 0.855. The fourth-order valence-corrected chi connectivity index (χ4v) is 1.77. The molecule has 0 spiro atoms. The van der Waals surface area contributed by atoms with E-state index in [4.69, 9.17) is 0 Å². The number of nitrogens with zero attached hydrogens (tertiary/aromatic N) is 4. The molecule has 0 bridgehead atoms. The molecule has 82 valence electrons. The van der Waals surface area contributed by atoms with Crippen molar-refractivity contribution in [3.8, 4) is 0 Å². The van der Waals surface area contributed by atoms with Crippen molar-refractivity contribution in [2.75, 3.05) is 32.7 Å². The van der Waals surface area contributed by atoms with Gasteiger partial charge in [-0.1, -0.05) is 0 Å². The zero-order valence-corrected chi connectivity index (χ0v) is 8.75. The van der Waals surface area contributed by atoms with Crippen LogP contribution < -0.4 is 0 Å². The van der Waals surface area contributed by atoms with Gasteiger partial charge in [0.15, 0.2) is 0 Å². The molecule has 1 aliphatic heterocycles. The molecule has 1 aliphatic rings. The molecule has 1 fully saturated rings. The third-order valence-electron chi connectivity index (χ3n) is 2.79. The zero-order valence-electron chi connectivity index (χ0n) is 8.75. The molecule has 0 radical (unpaired) electrons. The highest BCUT2D eigenvalue weighted by molar-refractivity contribution is 5.47. The fraction of sp³-hybridized carbons (Fsp3) is 0.600. The Labute approximate surface area is 89.3 Å². The van der Waals surface area contributed by atoms with Crippen LogP contribution in [0.2, 0.25) is 0 Å². The third-order valence-corrected chi connectivity index (χ3v) is 2.79. The predicted octanol–water partition coefficient (Wildman–Crippen LogP) is -0.343. The van der Waals surface area contributed by atoms with Gasteiger partial charge in [-0.3, -0.25) is 9.69 Å². The van der Waals surface area contributed by atoms with E-state index >= 15 is 0 Å². The zero-order chi connectivity index (χ0) is 10.5. The molecule has 0 atom stereocenters. The molecule has 15 heavy (non-hydrogen) atoms. The summed E-state index contributed by atoms with van der Waals surface area (Å²) in [7, 11) is 0. The molecule has 0 N–H and O–H groups in total. The number of amides is 1. The van der Waals surface area contributed by atoms with E-state index in [1.807, 2.05) is 17.4 Å². The lowest BCUT2D eigenvalue weighted by Gasteiger charge is -2.32. The number of aromatic nitrogens is 2. The van der Waals surface area contributed by atoms with E-state index in [-0.39, 0.29) is 0 Å². The van der Waals surface area contributed by atoms with E-state index in [1.165, 1.54) is 0 Å². The molecule has 0 aromatic carbocycles. The van der Waals surface area contributed by atoms with Crippen LogP contribution in [0.4, 0.5) is 0 Å². The molecule has 0 aliphatic carbocycles. The predicted molar refractivity (Wildman–Crippen MR) is 56.3 cm³/mol. The fourth-order valence-electron chi connectivity index (χ4n) is 1.77. The number of piperazine rings is 1. The number of hydrogen-bond donors (Lipinski definition) is 0. The SMILES string of the molecule is O=CN1CCN(CCn2ccnc2)CC1. The quantitative estimate of drug-likeness (QED) is 0.635. The molecule has 1 aromatic rings. The molecule has 2 heterocycles. The second-order valence-electron chi connectivity index (χ2n) is 3.78. The van der Waals surface area contributed by atoms with Crippen molar-refractivity contribution in [2.45, 2.75) is 6.54 Å². The summed E-state index contributed by atoms with van der Waals surface area (Å²) in [6.07, 6.45) is 6.54. The largest absolute Gasteiger partial charge is 0.343 e. The monoisotopic (exact) mass is 208 g/mol. The van der Waals surface area contributed by atoms with Crippen molar-refractivity contribution in [1.82, 2.24) is 19.4 Å². The van der Waals surface area contributed by atoms with Crippen molar-refractivity contribution in [2.24, 2.45) is 0 Å². The molecule has 0 saturated carbocycles. The summed E-state index contributed by atoms with van der Waals surface area (Å²) < 4.78 is 2.08. The number of hydrogen-bond acceptors (Lipinski definition) is 3. The number of carbonyl (C=O) groups is 1. The molecule has 1 aromatic heterocycles. The maximum absolute atomic E-state index is 10.5. The third kappa shape index (κ3) is 2.79. The molecule has 2 rings (SSSR count). The van der Waals surface area contributed by atoms with E-state index < -0.39 is 0 Å². The van der Waals surface area contributed by atoms with Crippen LogP contribution in [-0.2, 0) is 11.3 Å². The van der Waals surface area contributed by atoms with Gasteiger partial charge >= 0.3 is 0 Å². The molecule has 1 saturated heterocycles. The van der Waals surface area contributed by atoms with Gasteiger partial charge in [0.25, 0.3) is 0 Å². The van der Waals surface area contributed by atoms with E-state index in [2.05, 4.69) is 14.5 Å². The molecular weight excluding hydrogens is 192 g/mol. The molecule has 5 nitrogen and oxygen atoms in total. The second kappa shape index (κ2) is 4.93. The Hall–Kier alpha value is -1.36. The minimum Gasteiger partial charge on any atom is -0.343 e. The Morgan fingerprint density at radius 2 is 2.00 bits per heavy atom. The lowest BCUT2D eigenvalue weighted by atomic mass is 10.3. The van der Waals surface area contributed by atoms with Crippen molar-refractivity contribution in [3.63, 3.8) is 0 Å². The highest BCUT2D eigenvalue weighted by Gasteiger charge is 2.14. The van der Waals surface area contributed by atoms with Gasteiger partial charge < -0.3 is 9.47 Å². The average molecular weight is 208 g/mol. The van der Waals surface area contributed by atoms with Crippen molar-refractivity contribution in [3.05, 3.63) is 18.7 Å². The Kier molecular flexibility index (Phi) is 3.34. The first-order valence-electron chi connectivity index (χ1n) is 5.26. The van der Waals surface area contributed by atoms with Gasteiger partial charge in [0.05, 0.1) is 6.33 Å². The number of imidazole rings is 1. The van der Waals surface area contributed by atoms with Gasteiger partial charge in [-0.15, -0.1) is 0 Å². The smallest absolute Gasteiger partial charge is 0.209 e. The average Bonchev–Trinajstić information content (AvgIpc) is 2.80. The maximum Gasteiger partial charge on any atom is 0.209 e. The summed E-state index contributed by atoms with van der Waals surface area (Å²) in [5.74, 6) is 0. The lowest BCUT2D eigenvalue weighted by Crippen LogP contribution is -2.46. The summed E-state index contributed by atoms with van der Waals surface area (Å²) in [5.41, 5.74) is 0. The van der Waals surface area contributed by atoms with Gasteiger partial charge in [0.2, 0.25) is 6.41 Å². The first-order chi connectivity index (χ1) is 7.38. The van der Waals surface area contributed by atoms with E-state index in [9.17, 15) is 4.79 Å². The Morgan fingerprint density at radius 1 is 1.20 bits per heavy atom. The molecule has 1 amide bonds. The summed E-state index contributed by atoms with van der Waals surface area (Å²) in [6.45, 7) is 5.67. The van der Waals surface area contributed by atoms with Gasteiger partial charge in [-0.2, -0.15) is 0 Å². The van der Waals surface area contributed by atoms with Crippen molar-refractivity contribution >= 4 is 6.41 Å². The minimum absolute atomic E-state index is 0.855. The van der Waals surface area contributed by atoms with Crippen molar-refractivity contribution < 1.29 is 4.79 Å². The van der Waals surface area contributed by atoms with E-state index in [0.717, 1.165) is 45.7 Å². The van der Waals surface area contributed by atoms with Crippen LogP contribution in [0.5, 0.6) is 0 Å². The Balaban J connectivity index is 1.71. The highest BCUT2D eigenvalue weighted by atomic mass is 16.1. The van der Waals surface area contributed by atoms with Crippen LogP contribution in [0.15, 0.2) is 18.7 Å².